The molecular weight excluding hydrogens is 200 g/mol. The summed E-state index contributed by atoms with van der Waals surface area (Å²) in [6, 6.07) is 0. The summed E-state index contributed by atoms with van der Waals surface area (Å²) in [6.07, 6.45) is 8.11. The van der Waals surface area contributed by atoms with Crippen molar-refractivity contribution in [1.29, 1.82) is 0 Å². The molecule has 0 aromatic carbocycles. The van der Waals surface area contributed by atoms with E-state index in [1.807, 2.05) is 4.90 Å². The molecule has 90 valence electrons. The second kappa shape index (κ2) is 4.58. The maximum absolute atomic E-state index is 12.1. The molecule has 16 heavy (non-hydrogen) atoms. The van der Waals surface area contributed by atoms with Gasteiger partial charge < -0.3 is 10.6 Å². The summed E-state index contributed by atoms with van der Waals surface area (Å²) in [5.74, 6) is 0.244. The molecule has 1 heterocycles. The Bertz CT molecular complexity index is 303. The third kappa shape index (κ3) is 2.64. The van der Waals surface area contributed by atoms with E-state index in [-0.39, 0.29) is 11.4 Å². The van der Waals surface area contributed by atoms with Gasteiger partial charge in [-0.2, -0.15) is 0 Å². The Hall–Kier alpha value is -0.830. The zero-order chi connectivity index (χ0) is 11.6. The van der Waals surface area contributed by atoms with Crippen LogP contribution in [0.2, 0.25) is 0 Å². The predicted molar refractivity (Wildman–Crippen MR) is 65.0 cm³/mol. The average Bonchev–Trinajstić information content (AvgIpc) is 2.65. The quantitative estimate of drug-likeness (QED) is 0.724. The molecule has 2 N–H and O–H groups in total. The fraction of sp³-hybridized carbons (Fsp3) is 0.769. The minimum Gasteiger partial charge on any atom is -0.339 e. The Labute approximate surface area is 97.7 Å². The topological polar surface area (TPSA) is 46.3 Å². The summed E-state index contributed by atoms with van der Waals surface area (Å²) >= 11 is 0. The highest BCUT2D eigenvalue weighted by Crippen LogP contribution is 2.30. The van der Waals surface area contributed by atoms with Crippen molar-refractivity contribution in [3.63, 3.8) is 0 Å². The monoisotopic (exact) mass is 222 g/mol. The van der Waals surface area contributed by atoms with Crippen LogP contribution >= 0.6 is 0 Å². The first-order valence-corrected chi connectivity index (χ1v) is 6.31. The molecular formula is C13H22N2O. The van der Waals surface area contributed by atoms with Gasteiger partial charge in [-0.05, 0) is 26.2 Å². The highest BCUT2D eigenvalue weighted by atomic mass is 16.2. The van der Waals surface area contributed by atoms with Gasteiger partial charge in [-0.15, -0.1) is 0 Å². The Morgan fingerprint density at radius 2 is 2.19 bits per heavy atom. The fourth-order valence-electron chi connectivity index (χ4n) is 2.67. The summed E-state index contributed by atoms with van der Waals surface area (Å²) in [5, 5.41) is 0. The van der Waals surface area contributed by atoms with E-state index in [9.17, 15) is 4.79 Å². The van der Waals surface area contributed by atoms with E-state index >= 15 is 0 Å². The predicted octanol–water partition coefficient (Wildman–Crippen LogP) is 1.83. The van der Waals surface area contributed by atoms with E-state index in [1.165, 1.54) is 18.4 Å². The molecule has 0 aromatic heterocycles. The number of carbonyl (C=O) groups is 1. The summed E-state index contributed by atoms with van der Waals surface area (Å²) in [6.45, 7) is 3.78. The van der Waals surface area contributed by atoms with Gasteiger partial charge in [0.05, 0.1) is 0 Å². The van der Waals surface area contributed by atoms with Gasteiger partial charge in [0.15, 0.2) is 0 Å². The Morgan fingerprint density at radius 3 is 2.75 bits per heavy atom. The lowest BCUT2D eigenvalue weighted by molar-refractivity contribution is -0.132. The maximum Gasteiger partial charge on any atom is 0.224 e. The number of hydrogen-bond acceptors (Lipinski definition) is 2. The second-order valence-corrected chi connectivity index (χ2v) is 5.39. The van der Waals surface area contributed by atoms with Gasteiger partial charge >= 0.3 is 0 Å². The molecule has 0 radical (unpaired) electrons. The molecule has 0 atom stereocenters. The van der Waals surface area contributed by atoms with Gasteiger partial charge in [0.2, 0.25) is 5.91 Å². The highest BCUT2D eigenvalue weighted by Gasteiger charge is 2.33. The van der Waals surface area contributed by atoms with E-state index in [2.05, 4.69) is 13.0 Å². The van der Waals surface area contributed by atoms with Gasteiger partial charge in [-0.3, -0.25) is 4.79 Å². The highest BCUT2D eigenvalue weighted by molar-refractivity contribution is 5.77. The zero-order valence-corrected chi connectivity index (χ0v) is 10.2. The SMILES string of the molecule is CC1=CCN(C(=O)CC2(N)CCCC2)CC1. The molecule has 1 aliphatic carbocycles. The molecule has 2 aliphatic rings. The molecule has 3 heteroatoms. The lowest BCUT2D eigenvalue weighted by Crippen LogP contribution is -2.44. The standard InChI is InChI=1S/C13H22N2O/c1-11-4-8-15(9-5-11)12(16)10-13(14)6-2-3-7-13/h4H,2-3,5-10,14H2,1H3. The lowest BCUT2D eigenvalue weighted by Gasteiger charge is -2.30. The first-order chi connectivity index (χ1) is 7.59. The number of carbonyl (C=O) groups excluding carboxylic acids is 1. The van der Waals surface area contributed by atoms with Gasteiger partial charge in [0.25, 0.3) is 0 Å². The van der Waals surface area contributed by atoms with Crippen LogP contribution in [-0.4, -0.2) is 29.4 Å². The average molecular weight is 222 g/mol. The third-order valence-corrected chi connectivity index (χ3v) is 3.89. The minimum absolute atomic E-state index is 0.201. The van der Waals surface area contributed by atoms with Crippen LogP contribution in [0.3, 0.4) is 0 Å². The number of amides is 1. The molecule has 2 rings (SSSR count). The summed E-state index contributed by atoms with van der Waals surface area (Å²) in [5.41, 5.74) is 7.43. The Morgan fingerprint density at radius 1 is 1.50 bits per heavy atom. The molecule has 1 saturated carbocycles. The van der Waals surface area contributed by atoms with Crippen molar-refractivity contribution in [2.45, 2.75) is 51.0 Å². The first-order valence-electron chi connectivity index (χ1n) is 6.31. The van der Waals surface area contributed by atoms with E-state index in [4.69, 9.17) is 5.73 Å². The smallest absolute Gasteiger partial charge is 0.224 e. The van der Waals surface area contributed by atoms with Crippen molar-refractivity contribution in [2.75, 3.05) is 13.1 Å². The molecule has 1 amide bonds. The summed E-state index contributed by atoms with van der Waals surface area (Å²) < 4.78 is 0. The molecule has 1 fully saturated rings. The lowest BCUT2D eigenvalue weighted by atomic mass is 9.93. The molecule has 0 saturated heterocycles. The van der Waals surface area contributed by atoms with E-state index in [1.54, 1.807) is 0 Å². The maximum atomic E-state index is 12.1. The zero-order valence-electron chi connectivity index (χ0n) is 10.2. The molecule has 0 spiro atoms. The van der Waals surface area contributed by atoms with Gasteiger partial charge in [0, 0.05) is 25.0 Å². The van der Waals surface area contributed by atoms with Crippen LogP contribution in [0.1, 0.15) is 45.4 Å². The van der Waals surface area contributed by atoms with E-state index < -0.39 is 0 Å². The third-order valence-electron chi connectivity index (χ3n) is 3.89. The molecule has 0 aromatic rings. The van der Waals surface area contributed by atoms with Crippen molar-refractivity contribution in [1.82, 2.24) is 4.90 Å². The first kappa shape index (κ1) is 11.6. The molecule has 0 unspecified atom stereocenters. The van der Waals surface area contributed by atoms with Crippen LogP contribution in [-0.2, 0) is 4.79 Å². The largest absolute Gasteiger partial charge is 0.339 e. The Balaban J connectivity index is 1.88. The van der Waals surface area contributed by atoms with Crippen molar-refractivity contribution in [2.24, 2.45) is 5.73 Å². The van der Waals surface area contributed by atoms with Crippen LogP contribution in [0.4, 0.5) is 0 Å². The molecule has 1 aliphatic heterocycles. The summed E-state index contributed by atoms with van der Waals surface area (Å²) in [4.78, 5) is 14.0. The van der Waals surface area contributed by atoms with E-state index in [0.29, 0.717) is 6.42 Å². The van der Waals surface area contributed by atoms with Crippen LogP contribution in [0.25, 0.3) is 0 Å². The fourth-order valence-corrected chi connectivity index (χ4v) is 2.67. The number of rotatable bonds is 2. The van der Waals surface area contributed by atoms with E-state index in [0.717, 1.165) is 32.4 Å². The Kier molecular flexibility index (Phi) is 3.33. The molecule has 0 bridgehead atoms. The van der Waals surface area contributed by atoms with Crippen LogP contribution in [0.5, 0.6) is 0 Å². The van der Waals surface area contributed by atoms with Gasteiger partial charge in [-0.1, -0.05) is 24.5 Å². The number of nitrogens with two attached hydrogens (primary N) is 1. The van der Waals surface area contributed by atoms with Crippen molar-refractivity contribution >= 4 is 5.91 Å². The normalized spacial score (nSPS) is 24.4. The van der Waals surface area contributed by atoms with Gasteiger partial charge in [0.1, 0.15) is 0 Å². The van der Waals surface area contributed by atoms with Crippen molar-refractivity contribution in [3.05, 3.63) is 11.6 Å². The van der Waals surface area contributed by atoms with Crippen LogP contribution in [0, 0.1) is 0 Å². The van der Waals surface area contributed by atoms with Crippen LogP contribution < -0.4 is 5.73 Å². The van der Waals surface area contributed by atoms with Crippen LogP contribution in [0.15, 0.2) is 11.6 Å². The van der Waals surface area contributed by atoms with Crippen molar-refractivity contribution < 1.29 is 4.79 Å². The summed E-state index contributed by atoms with van der Waals surface area (Å²) in [7, 11) is 0. The number of hydrogen-bond donors (Lipinski definition) is 1. The van der Waals surface area contributed by atoms with Gasteiger partial charge in [-0.25, -0.2) is 0 Å². The minimum atomic E-state index is -0.201. The number of nitrogens with zero attached hydrogens (tertiary/aromatic N) is 1. The molecule has 3 nitrogen and oxygen atoms in total. The van der Waals surface area contributed by atoms with Crippen molar-refractivity contribution in [3.8, 4) is 0 Å². The second-order valence-electron chi connectivity index (χ2n) is 5.39.